The number of nitrogens with zero attached hydrogens (tertiary/aromatic N) is 1. The van der Waals surface area contributed by atoms with Crippen molar-refractivity contribution in [3.05, 3.63) is 70.5 Å². The molecule has 1 aliphatic carbocycles. The predicted octanol–water partition coefficient (Wildman–Crippen LogP) is 3.14. The molecule has 1 saturated carbocycles. The molecule has 7 nitrogen and oxygen atoms in total. The number of nitrogens with one attached hydrogen (secondary N) is 3. The molecule has 2 atom stereocenters. The van der Waals surface area contributed by atoms with Gasteiger partial charge in [-0.2, -0.15) is 0 Å². The smallest absolute Gasteiger partial charge is 0.315 e. The minimum absolute atomic E-state index is 0.0109. The summed E-state index contributed by atoms with van der Waals surface area (Å²) in [5.41, 5.74) is 0.667. The fraction of sp³-hybridized carbons (Fsp3) is 0.348. The molecule has 2 aromatic rings. The Labute approximate surface area is 198 Å². The largest absolute Gasteiger partial charge is 0.351 e. The summed E-state index contributed by atoms with van der Waals surface area (Å²) in [6.45, 7) is -0.198. The molecule has 4 rings (SSSR count). The maximum Gasteiger partial charge on any atom is 0.315 e. The van der Waals surface area contributed by atoms with E-state index in [0.717, 1.165) is 0 Å². The summed E-state index contributed by atoms with van der Waals surface area (Å²) in [4.78, 5) is 39.8. The zero-order valence-electron chi connectivity index (χ0n) is 17.9. The van der Waals surface area contributed by atoms with Crippen LogP contribution in [0.1, 0.15) is 30.0 Å². The fourth-order valence-corrected chi connectivity index (χ4v) is 4.36. The van der Waals surface area contributed by atoms with Gasteiger partial charge in [0.25, 0.3) is 5.92 Å². The SMILES string of the molecule is O=C1NC[C@@H](C(=O)N(Cc2cccc(F)c2)C(C(=O)NC2CC(F)(F)C2)c2ccccc2Cl)N1. The molecule has 0 radical (unpaired) electrons. The number of rotatable bonds is 7. The van der Waals surface area contributed by atoms with E-state index in [9.17, 15) is 27.6 Å². The lowest BCUT2D eigenvalue weighted by Crippen LogP contribution is -2.55. The van der Waals surface area contributed by atoms with Crippen molar-refractivity contribution in [3.63, 3.8) is 0 Å². The molecule has 11 heteroatoms. The number of carbonyl (C=O) groups excluding carboxylic acids is 3. The van der Waals surface area contributed by atoms with Gasteiger partial charge in [-0.1, -0.05) is 41.9 Å². The molecule has 3 N–H and O–H groups in total. The monoisotopic (exact) mass is 494 g/mol. The van der Waals surface area contributed by atoms with Crippen molar-refractivity contribution >= 4 is 29.4 Å². The van der Waals surface area contributed by atoms with E-state index in [1.165, 1.54) is 23.1 Å². The van der Waals surface area contributed by atoms with Gasteiger partial charge in [-0.05, 0) is 23.8 Å². The molecule has 1 saturated heterocycles. The number of urea groups is 1. The van der Waals surface area contributed by atoms with Gasteiger partial charge in [0.05, 0.1) is 0 Å². The van der Waals surface area contributed by atoms with Crippen LogP contribution < -0.4 is 16.0 Å². The third kappa shape index (κ3) is 5.27. The van der Waals surface area contributed by atoms with Crippen molar-refractivity contribution in [2.75, 3.05) is 6.54 Å². The van der Waals surface area contributed by atoms with Gasteiger partial charge >= 0.3 is 6.03 Å². The summed E-state index contributed by atoms with van der Waals surface area (Å²) in [6, 6.07) is 8.30. The molecule has 2 fully saturated rings. The summed E-state index contributed by atoms with van der Waals surface area (Å²) in [5, 5.41) is 7.74. The highest BCUT2D eigenvalue weighted by Crippen LogP contribution is 2.38. The van der Waals surface area contributed by atoms with Gasteiger partial charge < -0.3 is 20.9 Å². The second-order valence-electron chi connectivity index (χ2n) is 8.40. The quantitative estimate of drug-likeness (QED) is 0.552. The normalized spacial score (nSPS) is 20.0. The molecule has 4 amide bonds. The average molecular weight is 495 g/mol. The zero-order chi connectivity index (χ0) is 24.5. The average Bonchev–Trinajstić information content (AvgIpc) is 3.19. The number of hydrogen-bond acceptors (Lipinski definition) is 3. The molecule has 0 spiro atoms. The van der Waals surface area contributed by atoms with Crippen LogP contribution in [0.3, 0.4) is 0 Å². The molecule has 1 aliphatic heterocycles. The van der Waals surface area contributed by atoms with Crippen molar-refractivity contribution < 1.29 is 27.6 Å². The van der Waals surface area contributed by atoms with Crippen LogP contribution in [0, 0.1) is 5.82 Å². The molecule has 1 heterocycles. The topological polar surface area (TPSA) is 90.5 Å². The van der Waals surface area contributed by atoms with E-state index in [4.69, 9.17) is 11.6 Å². The lowest BCUT2D eigenvalue weighted by atomic mass is 9.87. The second-order valence-corrected chi connectivity index (χ2v) is 8.80. The lowest BCUT2D eigenvalue weighted by molar-refractivity contribution is -0.145. The number of alkyl halides is 2. The van der Waals surface area contributed by atoms with Gasteiger partial charge in [-0.15, -0.1) is 0 Å². The minimum atomic E-state index is -2.85. The molecule has 1 unspecified atom stereocenters. The van der Waals surface area contributed by atoms with Gasteiger partial charge in [-0.3, -0.25) is 9.59 Å². The van der Waals surface area contributed by atoms with Crippen molar-refractivity contribution in [1.29, 1.82) is 0 Å². The Kier molecular flexibility index (Phi) is 6.70. The number of benzene rings is 2. The molecule has 0 bridgehead atoms. The van der Waals surface area contributed by atoms with E-state index < -0.39 is 60.6 Å². The Morgan fingerprint density at radius 2 is 1.91 bits per heavy atom. The first-order valence-corrected chi connectivity index (χ1v) is 11.0. The molecular weight excluding hydrogens is 473 g/mol. The summed E-state index contributed by atoms with van der Waals surface area (Å²) in [5.74, 6) is -4.69. The first-order valence-electron chi connectivity index (χ1n) is 10.6. The highest BCUT2D eigenvalue weighted by Gasteiger charge is 2.47. The Balaban J connectivity index is 1.71. The van der Waals surface area contributed by atoms with Crippen LogP contribution >= 0.6 is 11.6 Å². The highest BCUT2D eigenvalue weighted by atomic mass is 35.5. The molecule has 0 aromatic heterocycles. The third-order valence-electron chi connectivity index (χ3n) is 5.79. The van der Waals surface area contributed by atoms with Crippen LogP contribution in [0.25, 0.3) is 0 Å². The van der Waals surface area contributed by atoms with Crippen LogP contribution in [0.15, 0.2) is 48.5 Å². The van der Waals surface area contributed by atoms with Crippen molar-refractivity contribution in [1.82, 2.24) is 20.9 Å². The van der Waals surface area contributed by atoms with E-state index in [0.29, 0.717) is 5.56 Å². The number of carbonyl (C=O) groups is 3. The molecule has 2 aromatic carbocycles. The fourth-order valence-electron chi connectivity index (χ4n) is 4.12. The molecular formula is C23H22ClF3N4O3. The summed E-state index contributed by atoms with van der Waals surface area (Å²) >= 11 is 6.37. The number of hydrogen-bond donors (Lipinski definition) is 3. The first kappa shape index (κ1) is 23.9. The van der Waals surface area contributed by atoms with Gasteiger partial charge in [0, 0.05) is 42.6 Å². The summed E-state index contributed by atoms with van der Waals surface area (Å²) in [6.07, 6.45) is -1.01. The van der Waals surface area contributed by atoms with E-state index in [1.807, 2.05) is 0 Å². The van der Waals surface area contributed by atoms with Crippen LogP contribution in [-0.2, 0) is 16.1 Å². The molecule has 34 heavy (non-hydrogen) atoms. The number of halogens is 4. The van der Waals surface area contributed by atoms with Crippen molar-refractivity contribution in [2.24, 2.45) is 0 Å². The Morgan fingerprint density at radius 3 is 2.53 bits per heavy atom. The first-order chi connectivity index (χ1) is 16.1. The van der Waals surface area contributed by atoms with Gasteiger partial charge in [-0.25, -0.2) is 18.0 Å². The van der Waals surface area contributed by atoms with Crippen LogP contribution in [0.2, 0.25) is 5.02 Å². The number of amides is 4. The van der Waals surface area contributed by atoms with Crippen LogP contribution in [-0.4, -0.2) is 47.3 Å². The van der Waals surface area contributed by atoms with E-state index in [-0.39, 0.29) is 23.7 Å². The van der Waals surface area contributed by atoms with Crippen molar-refractivity contribution in [3.8, 4) is 0 Å². The third-order valence-corrected chi connectivity index (χ3v) is 6.14. The van der Waals surface area contributed by atoms with E-state index in [1.54, 1.807) is 30.3 Å². The zero-order valence-corrected chi connectivity index (χ0v) is 18.6. The maximum absolute atomic E-state index is 13.9. The Hall–Kier alpha value is -3.27. The maximum atomic E-state index is 13.9. The Bertz CT molecular complexity index is 1110. The molecule has 2 aliphatic rings. The van der Waals surface area contributed by atoms with Gasteiger partial charge in [0.1, 0.15) is 17.9 Å². The predicted molar refractivity (Wildman–Crippen MR) is 118 cm³/mol. The molecule has 180 valence electrons. The Morgan fingerprint density at radius 1 is 1.18 bits per heavy atom. The van der Waals surface area contributed by atoms with Gasteiger partial charge in [0.2, 0.25) is 11.8 Å². The van der Waals surface area contributed by atoms with Crippen LogP contribution in [0.5, 0.6) is 0 Å². The summed E-state index contributed by atoms with van der Waals surface area (Å²) < 4.78 is 40.6. The van der Waals surface area contributed by atoms with Crippen molar-refractivity contribution in [2.45, 2.75) is 43.4 Å². The minimum Gasteiger partial charge on any atom is -0.351 e. The van der Waals surface area contributed by atoms with Gasteiger partial charge in [0.15, 0.2) is 0 Å². The van der Waals surface area contributed by atoms with Crippen LogP contribution in [0.4, 0.5) is 18.0 Å². The van der Waals surface area contributed by atoms with E-state index in [2.05, 4.69) is 16.0 Å². The second kappa shape index (κ2) is 9.54. The highest BCUT2D eigenvalue weighted by molar-refractivity contribution is 6.31. The summed E-state index contributed by atoms with van der Waals surface area (Å²) in [7, 11) is 0. The van der Waals surface area contributed by atoms with E-state index >= 15 is 0 Å². The standard InChI is InChI=1S/C23H22ClF3N4O3/c24-17-7-2-1-6-16(17)19(20(32)29-15-9-23(26,27)10-15)31(12-13-4-3-5-14(25)8-13)21(33)18-11-28-22(34)30-18/h1-8,15,18-19H,9-12H2,(H,29,32)(H2,28,30,34)/t18-,19?/m0/s1. The lowest BCUT2D eigenvalue weighted by Gasteiger charge is -2.38.